The van der Waals surface area contributed by atoms with E-state index in [4.69, 9.17) is 9.68 Å². The fourth-order valence-corrected chi connectivity index (χ4v) is 12.7. The first kappa shape index (κ1) is 41.3. The smallest absolute Gasteiger partial charge is 0.243 e. The third-order valence-corrected chi connectivity index (χ3v) is 16.5. The molecule has 14 heteroatoms. The maximum atomic E-state index is 14.4. The van der Waals surface area contributed by atoms with E-state index in [1.54, 1.807) is 45.0 Å². The van der Waals surface area contributed by atoms with Gasteiger partial charge in [0.25, 0.3) is 0 Å². The minimum Gasteiger partial charge on any atom is -0.395 e. The number of piperidine rings is 2. The van der Waals surface area contributed by atoms with E-state index in [2.05, 4.69) is 20.1 Å². The van der Waals surface area contributed by atoms with E-state index in [0.29, 0.717) is 96.7 Å². The molecule has 4 fully saturated rings. The highest BCUT2D eigenvalue weighted by atomic mass is 32.2. The summed E-state index contributed by atoms with van der Waals surface area (Å²) in [6.45, 7) is 4.45. The van der Waals surface area contributed by atoms with Crippen LogP contribution in [0, 0.1) is 23.7 Å². The van der Waals surface area contributed by atoms with Crippen molar-refractivity contribution in [1.29, 1.82) is 0 Å². The van der Waals surface area contributed by atoms with Gasteiger partial charge in [-0.15, -0.1) is 0 Å². The Hall–Kier alpha value is -2.88. The number of benzene rings is 2. The molecule has 0 spiro atoms. The van der Waals surface area contributed by atoms with Crippen molar-refractivity contribution in [2.45, 2.75) is 86.8 Å². The van der Waals surface area contributed by atoms with Gasteiger partial charge in [0.2, 0.25) is 20.0 Å². The van der Waals surface area contributed by atoms with E-state index in [0.717, 1.165) is 64.5 Å². The van der Waals surface area contributed by atoms with Crippen molar-refractivity contribution in [3.8, 4) is 0 Å². The number of fused-ring (bicyclic) bond motifs is 4. The van der Waals surface area contributed by atoms with Crippen LogP contribution in [0.1, 0.15) is 99.3 Å². The molecule has 2 aromatic carbocycles. The molecule has 0 unspecified atom stereocenters. The molecule has 2 heterocycles. The standard InChI is InChI=1S/C42H62N6O6S2/c1-45(2)21-9-25-53-43-41-37-17-15-35(55(49,50)47-23-19-31-11-5-7-13-33(31)29-47)27-39(37)42(44-54-26-10-22-46(3)4)40-28-36(16-18-38(40)41)56(51,52)48-24-20-32-12-6-8-14-34(32)30-48/h15-18,27-28,31-34H,5-14,19-26,29-30H2,1-4H3/t31-,32+,33-,34+. The van der Waals surface area contributed by atoms with Crippen molar-refractivity contribution in [1.82, 2.24) is 18.4 Å². The topological polar surface area (TPSA) is 124 Å². The lowest BCUT2D eigenvalue weighted by molar-refractivity contribution is 0.134. The van der Waals surface area contributed by atoms with Gasteiger partial charge in [0.15, 0.2) is 0 Å². The molecule has 0 N–H and O–H groups in total. The Balaban J connectivity index is 1.28. The van der Waals surface area contributed by atoms with E-state index in [9.17, 15) is 16.8 Å². The predicted octanol–water partition coefficient (Wildman–Crippen LogP) is 5.84. The molecule has 56 heavy (non-hydrogen) atoms. The molecule has 0 aromatic heterocycles. The molecule has 7 rings (SSSR count). The second kappa shape index (κ2) is 17.9. The fourth-order valence-electron chi connectivity index (χ4n) is 9.64. The van der Waals surface area contributed by atoms with Crippen LogP contribution >= 0.6 is 0 Å². The molecule has 12 nitrogen and oxygen atoms in total. The van der Waals surface area contributed by atoms with Crippen LogP contribution < -0.4 is 0 Å². The minimum atomic E-state index is -3.84. The zero-order valence-electron chi connectivity index (χ0n) is 33.9. The molecule has 0 radical (unpaired) electrons. The number of sulfonamides is 2. The van der Waals surface area contributed by atoms with Crippen LogP contribution in [0.15, 0.2) is 56.5 Å². The van der Waals surface area contributed by atoms with Crippen molar-refractivity contribution in [2.24, 2.45) is 34.0 Å². The highest BCUT2D eigenvalue weighted by molar-refractivity contribution is 7.89. The lowest BCUT2D eigenvalue weighted by atomic mass is 9.76. The summed E-state index contributed by atoms with van der Waals surface area (Å²) >= 11 is 0. The van der Waals surface area contributed by atoms with Gasteiger partial charge < -0.3 is 19.5 Å². The van der Waals surface area contributed by atoms with Gasteiger partial charge in [0.1, 0.15) is 24.6 Å². The number of oxime groups is 2. The molecule has 2 aliphatic heterocycles. The number of hydrogen-bond acceptors (Lipinski definition) is 10. The van der Waals surface area contributed by atoms with Gasteiger partial charge in [-0.1, -0.05) is 61.0 Å². The van der Waals surface area contributed by atoms with Crippen LogP contribution in [0.3, 0.4) is 0 Å². The van der Waals surface area contributed by atoms with Crippen LogP contribution in [0.25, 0.3) is 0 Å². The molecule has 2 saturated heterocycles. The predicted molar refractivity (Wildman–Crippen MR) is 220 cm³/mol. The first-order valence-electron chi connectivity index (χ1n) is 20.9. The quantitative estimate of drug-likeness (QED) is 0.147. The summed E-state index contributed by atoms with van der Waals surface area (Å²) in [6.07, 6.45) is 12.5. The molecule has 308 valence electrons. The summed E-state index contributed by atoms with van der Waals surface area (Å²) in [4.78, 5) is 16.4. The van der Waals surface area contributed by atoms with Crippen LogP contribution in [0.5, 0.6) is 0 Å². The molecule has 5 aliphatic rings. The van der Waals surface area contributed by atoms with E-state index >= 15 is 0 Å². The first-order chi connectivity index (χ1) is 26.9. The van der Waals surface area contributed by atoms with E-state index < -0.39 is 20.0 Å². The maximum Gasteiger partial charge on any atom is 0.243 e. The Kier molecular flexibility index (Phi) is 13.2. The lowest BCUT2D eigenvalue weighted by Gasteiger charge is -2.40. The average molecular weight is 811 g/mol. The van der Waals surface area contributed by atoms with Crippen molar-refractivity contribution in [3.05, 3.63) is 58.7 Å². The maximum absolute atomic E-state index is 14.4. The summed E-state index contributed by atoms with van der Waals surface area (Å²) < 4.78 is 61.0. The Labute approximate surface area is 335 Å². The third-order valence-electron chi connectivity index (χ3n) is 12.8. The summed E-state index contributed by atoms with van der Waals surface area (Å²) in [5.41, 5.74) is 3.24. The Bertz CT molecular complexity index is 1860. The molecular formula is C42H62N6O6S2. The van der Waals surface area contributed by atoms with Crippen molar-refractivity contribution in [3.63, 3.8) is 0 Å². The molecule has 0 bridgehead atoms. The zero-order valence-corrected chi connectivity index (χ0v) is 35.5. The second-order valence-electron chi connectivity index (χ2n) is 17.2. The average Bonchev–Trinajstić information content (AvgIpc) is 3.19. The zero-order chi connectivity index (χ0) is 39.5. The number of hydrogen-bond donors (Lipinski definition) is 0. The van der Waals surface area contributed by atoms with Gasteiger partial charge in [-0.2, -0.15) is 8.61 Å². The first-order valence-corrected chi connectivity index (χ1v) is 23.8. The van der Waals surface area contributed by atoms with Gasteiger partial charge in [-0.05, 0) is 115 Å². The Morgan fingerprint density at radius 2 is 0.964 bits per heavy atom. The van der Waals surface area contributed by atoms with E-state index in [1.165, 1.54) is 25.7 Å². The van der Waals surface area contributed by atoms with Crippen LogP contribution in [-0.2, 0) is 29.7 Å². The number of rotatable bonds is 14. The van der Waals surface area contributed by atoms with Crippen LogP contribution in [-0.4, -0.2) is 127 Å². The molecular weight excluding hydrogens is 749 g/mol. The van der Waals surface area contributed by atoms with Crippen LogP contribution in [0.2, 0.25) is 0 Å². The molecule has 0 amide bonds. The summed E-state index contributed by atoms with van der Waals surface area (Å²) in [7, 11) is 0.344. The van der Waals surface area contributed by atoms with Crippen LogP contribution in [0.4, 0.5) is 0 Å². The second-order valence-corrected chi connectivity index (χ2v) is 21.1. The Morgan fingerprint density at radius 3 is 1.38 bits per heavy atom. The van der Waals surface area contributed by atoms with Gasteiger partial charge in [-0.25, -0.2) is 16.8 Å². The highest BCUT2D eigenvalue weighted by Gasteiger charge is 2.40. The normalized spacial score (nSPS) is 26.2. The summed E-state index contributed by atoms with van der Waals surface area (Å²) in [5, 5.41) is 9.34. The van der Waals surface area contributed by atoms with E-state index in [-0.39, 0.29) is 9.79 Å². The SMILES string of the molecule is CN(C)CCCON=C1c2ccc(S(=O)(=O)N3CC[C@H]4CCCC[C@@H]4C3)cc2C(=NOCCCN(C)C)c2cc(S(=O)(=O)N3CC[C@@H]4CCCC[C@H]4C3)ccc21. The molecule has 4 atom stereocenters. The molecule has 2 aromatic rings. The largest absolute Gasteiger partial charge is 0.395 e. The van der Waals surface area contributed by atoms with Crippen molar-refractivity contribution < 1.29 is 26.5 Å². The number of nitrogens with zero attached hydrogens (tertiary/aromatic N) is 6. The lowest BCUT2D eigenvalue weighted by Crippen LogP contribution is -2.44. The van der Waals surface area contributed by atoms with Gasteiger partial charge >= 0.3 is 0 Å². The van der Waals surface area contributed by atoms with Gasteiger partial charge in [0.05, 0.1) is 9.79 Å². The van der Waals surface area contributed by atoms with E-state index in [1.807, 2.05) is 28.2 Å². The molecule has 3 aliphatic carbocycles. The summed E-state index contributed by atoms with van der Waals surface area (Å²) in [6, 6.07) is 10.3. The van der Waals surface area contributed by atoms with Gasteiger partial charge in [-0.3, -0.25) is 0 Å². The highest BCUT2D eigenvalue weighted by Crippen LogP contribution is 2.40. The minimum absolute atomic E-state index is 0.180. The monoisotopic (exact) mass is 810 g/mol. The Morgan fingerprint density at radius 1 is 0.571 bits per heavy atom. The molecule has 2 saturated carbocycles. The summed E-state index contributed by atoms with van der Waals surface area (Å²) in [5.74, 6) is 1.96. The van der Waals surface area contributed by atoms with Crippen molar-refractivity contribution >= 4 is 31.5 Å². The van der Waals surface area contributed by atoms with Gasteiger partial charge in [0, 0.05) is 61.5 Å². The third kappa shape index (κ3) is 9.05. The fraction of sp³-hybridized carbons (Fsp3) is 0.667. The van der Waals surface area contributed by atoms with Crippen molar-refractivity contribution in [2.75, 3.05) is 80.7 Å².